The van der Waals surface area contributed by atoms with Crippen LogP contribution in [0.1, 0.15) is 39.0 Å². The van der Waals surface area contributed by atoms with Crippen LogP contribution in [0.4, 0.5) is 0 Å². The molecule has 0 amide bonds. The van der Waals surface area contributed by atoms with Crippen LogP contribution in [0.25, 0.3) is 0 Å². The van der Waals surface area contributed by atoms with E-state index in [9.17, 15) is 4.79 Å². The second-order valence-corrected chi connectivity index (χ2v) is 9.64. The van der Waals surface area contributed by atoms with Gasteiger partial charge in [0, 0.05) is 5.92 Å². The van der Waals surface area contributed by atoms with Gasteiger partial charge in [-0.25, -0.2) is 0 Å². The number of epoxide rings is 1. The number of esters is 1. The second-order valence-electron chi connectivity index (χ2n) is 9.64. The highest BCUT2D eigenvalue weighted by atomic mass is 16.7. The Balaban J connectivity index is 1.29. The van der Waals surface area contributed by atoms with Crippen molar-refractivity contribution in [2.75, 3.05) is 40.0 Å². The van der Waals surface area contributed by atoms with E-state index >= 15 is 0 Å². The number of fused-ring (bicyclic) bond motifs is 3. The van der Waals surface area contributed by atoms with E-state index in [1.165, 1.54) is 24.2 Å². The van der Waals surface area contributed by atoms with Crippen LogP contribution in [0.2, 0.25) is 0 Å². The largest absolute Gasteiger partial charge is 0.462 e. The number of carbonyl (C=O) groups excluding carboxylic acids is 1. The number of ether oxygens (including phenoxy) is 4. The molecule has 146 valence electrons. The molecule has 5 fully saturated rings. The molecular formula is C20H32NO5+. The predicted octanol–water partition coefficient (Wildman–Crippen LogP) is 0.401. The van der Waals surface area contributed by atoms with Crippen molar-refractivity contribution in [1.29, 1.82) is 0 Å². The van der Waals surface area contributed by atoms with Crippen molar-refractivity contribution < 1.29 is 28.6 Å². The lowest BCUT2D eigenvalue weighted by Gasteiger charge is -2.51. The minimum atomic E-state index is -0.126. The van der Waals surface area contributed by atoms with Gasteiger partial charge in [0.05, 0.1) is 39.0 Å². The first-order valence-corrected chi connectivity index (χ1v) is 10.4. The molecule has 5 rings (SSSR count). The van der Waals surface area contributed by atoms with E-state index in [4.69, 9.17) is 18.9 Å². The summed E-state index contributed by atoms with van der Waals surface area (Å²) in [5.74, 6) is 0.952. The fourth-order valence-corrected chi connectivity index (χ4v) is 6.46. The van der Waals surface area contributed by atoms with Crippen molar-refractivity contribution in [3.8, 4) is 0 Å². The molecule has 6 nitrogen and oxygen atoms in total. The molecular weight excluding hydrogens is 334 g/mol. The third-order valence-corrected chi connectivity index (χ3v) is 7.85. The Morgan fingerprint density at radius 3 is 2.69 bits per heavy atom. The summed E-state index contributed by atoms with van der Waals surface area (Å²) in [5.41, 5.74) is 0.397. The molecule has 0 aromatic rings. The molecule has 1 unspecified atom stereocenters. The smallest absolute Gasteiger partial charge is 0.315 e. The lowest BCUT2D eigenvalue weighted by atomic mass is 9.53. The number of hydrogen-bond acceptors (Lipinski definition) is 5. The molecule has 2 saturated carbocycles. The highest BCUT2D eigenvalue weighted by Gasteiger charge is 2.65. The summed E-state index contributed by atoms with van der Waals surface area (Å²) in [4.78, 5) is 14.0. The van der Waals surface area contributed by atoms with E-state index in [0.717, 1.165) is 32.5 Å². The summed E-state index contributed by atoms with van der Waals surface area (Å²) in [6.07, 6.45) is 5.77. The zero-order valence-corrected chi connectivity index (χ0v) is 16.0. The Morgan fingerprint density at radius 2 is 1.96 bits per heavy atom. The maximum Gasteiger partial charge on any atom is 0.315 e. The first-order chi connectivity index (χ1) is 12.5. The van der Waals surface area contributed by atoms with Crippen molar-refractivity contribution in [1.82, 2.24) is 0 Å². The first-order valence-electron chi connectivity index (χ1n) is 10.4. The molecule has 1 spiro atoms. The molecule has 7 atom stereocenters. The van der Waals surface area contributed by atoms with Gasteiger partial charge in [-0.15, -0.1) is 0 Å². The van der Waals surface area contributed by atoms with E-state index in [1.807, 2.05) is 0 Å². The van der Waals surface area contributed by atoms with Crippen molar-refractivity contribution in [2.45, 2.75) is 57.0 Å². The van der Waals surface area contributed by atoms with Gasteiger partial charge in [-0.3, -0.25) is 4.79 Å². The summed E-state index contributed by atoms with van der Waals surface area (Å²) in [6, 6.07) is 0. The maximum absolute atomic E-state index is 12.7. The zero-order valence-electron chi connectivity index (χ0n) is 16.0. The van der Waals surface area contributed by atoms with E-state index in [-0.39, 0.29) is 35.3 Å². The summed E-state index contributed by atoms with van der Waals surface area (Å²) in [6.45, 7) is 6.28. The number of carbonyl (C=O) groups is 1. The van der Waals surface area contributed by atoms with Gasteiger partial charge in [0.15, 0.2) is 0 Å². The van der Waals surface area contributed by atoms with Crippen molar-refractivity contribution in [3.63, 3.8) is 0 Å². The first kappa shape index (κ1) is 17.4. The Bertz CT molecular complexity index is 573. The molecule has 26 heavy (non-hydrogen) atoms. The Hall–Kier alpha value is -0.690. The monoisotopic (exact) mass is 366 g/mol. The normalized spacial score (nSPS) is 48.9. The molecule has 0 radical (unpaired) electrons. The second kappa shape index (κ2) is 6.16. The van der Waals surface area contributed by atoms with Crippen molar-refractivity contribution in [2.24, 2.45) is 23.2 Å². The van der Waals surface area contributed by atoms with Crippen LogP contribution in [0.3, 0.4) is 0 Å². The minimum absolute atomic E-state index is 0.00341. The molecule has 6 heteroatoms. The number of quaternary nitrogens is 1. The molecule has 3 saturated heterocycles. The number of hydrogen-bond donors (Lipinski definition) is 1. The van der Waals surface area contributed by atoms with E-state index in [1.54, 1.807) is 0 Å². The molecule has 1 N–H and O–H groups in total. The van der Waals surface area contributed by atoms with Crippen LogP contribution in [0.5, 0.6) is 0 Å². The van der Waals surface area contributed by atoms with Gasteiger partial charge in [-0.2, -0.15) is 0 Å². The third kappa shape index (κ3) is 2.81. The lowest BCUT2D eigenvalue weighted by molar-refractivity contribution is -0.888. The van der Waals surface area contributed by atoms with Crippen molar-refractivity contribution >= 4 is 5.97 Å². The van der Waals surface area contributed by atoms with Gasteiger partial charge < -0.3 is 23.8 Å². The maximum atomic E-state index is 12.7. The quantitative estimate of drug-likeness (QED) is 0.577. The third-order valence-electron chi connectivity index (χ3n) is 7.85. The summed E-state index contributed by atoms with van der Waals surface area (Å²) in [7, 11) is 2.13. The van der Waals surface area contributed by atoms with Crippen LogP contribution in [-0.4, -0.2) is 63.9 Å². The lowest BCUT2D eigenvalue weighted by Crippen LogP contribution is -3.11. The highest BCUT2D eigenvalue weighted by Crippen LogP contribution is 2.62. The molecule has 0 aromatic heterocycles. The number of rotatable bonds is 4. The zero-order chi connectivity index (χ0) is 17.9. The Labute approximate surface area is 155 Å². The summed E-state index contributed by atoms with van der Waals surface area (Å²) < 4.78 is 23.0. The highest BCUT2D eigenvalue weighted by molar-refractivity contribution is 5.75. The summed E-state index contributed by atoms with van der Waals surface area (Å²) in [5, 5.41) is 0. The van der Waals surface area contributed by atoms with E-state index in [0.29, 0.717) is 25.0 Å². The number of likely N-dealkylation sites (N-methyl/N-ethyl adjacent to an activating group) is 1. The van der Waals surface area contributed by atoms with Crippen LogP contribution >= 0.6 is 0 Å². The standard InChI is InChI=1S/C20H31NO5/c1-19-4-3-5-20(12-25-20)16(19)8-13-14(18(22)26-15(13)9-19)10-21(2)11-17-23-6-7-24-17/h13-17H,3-12H2,1-2H3/p+1/t13-,14-,15-,16-,19-,20+/m1/s1. The fraction of sp³-hybridized carbons (Fsp3) is 0.950. The SMILES string of the molecule is C[NH+](CC1OCCO1)C[C@H]1C(=O)O[C@@H]2C[C@@]3(C)CCC[C@]4(CO4)[C@@H]3C[C@@H]21. The van der Waals surface area contributed by atoms with Gasteiger partial charge in [0.25, 0.3) is 0 Å². The van der Waals surface area contributed by atoms with Gasteiger partial charge in [-0.05, 0) is 43.4 Å². The van der Waals surface area contributed by atoms with Gasteiger partial charge in [-0.1, -0.05) is 6.92 Å². The van der Waals surface area contributed by atoms with Crippen LogP contribution < -0.4 is 4.90 Å². The average molecular weight is 366 g/mol. The average Bonchev–Trinajstić information content (AvgIpc) is 3.04. The molecule has 3 heterocycles. The minimum Gasteiger partial charge on any atom is -0.462 e. The summed E-state index contributed by atoms with van der Waals surface area (Å²) >= 11 is 0. The van der Waals surface area contributed by atoms with Gasteiger partial charge >= 0.3 is 5.97 Å². The molecule has 0 bridgehead atoms. The predicted molar refractivity (Wildman–Crippen MR) is 92.5 cm³/mol. The van der Waals surface area contributed by atoms with E-state index < -0.39 is 0 Å². The molecule has 0 aromatic carbocycles. The van der Waals surface area contributed by atoms with Crippen LogP contribution in [-0.2, 0) is 23.7 Å². The topological polar surface area (TPSA) is 61.7 Å². The molecule has 2 aliphatic carbocycles. The van der Waals surface area contributed by atoms with Gasteiger partial charge in [0.2, 0.25) is 6.29 Å². The molecule has 5 aliphatic rings. The number of nitrogens with one attached hydrogen (secondary N) is 1. The van der Waals surface area contributed by atoms with Crippen LogP contribution in [0.15, 0.2) is 0 Å². The van der Waals surface area contributed by atoms with Crippen molar-refractivity contribution in [3.05, 3.63) is 0 Å². The Morgan fingerprint density at radius 1 is 1.19 bits per heavy atom. The fourth-order valence-electron chi connectivity index (χ4n) is 6.46. The van der Waals surface area contributed by atoms with Crippen LogP contribution in [0, 0.1) is 23.2 Å². The van der Waals surface area contributed by atoms with E-state index in [2.05, 4.69) is 14.0 Å². The Kier molecular flexibility index (Phi) is 4.12. The van der Waals surface area contributed by atoms with Gasteiger partial charge in [0.1, 0.15) is 18.6 Å². The molecule has 3 aliphatic heterocycles.